The average Bonchev–Trinajstić information content (AvgIpc) is 3.58. The summed E-state index contributed by atoms with van der Waals surface area (Å²) < 4.78 is 0. The van der Waals surface area contributed by atoms with Gasteiger partial charge in [0.05, 0.1) is 12.5 Å². The molecule has 2 fully saturated rings. The van der Waals surface area contributed by atoms with Gasteiger partial charge in [0.1, 0.15) is 0 Å². The molecule has 2 aliphatic rings. The lowest BCUT2D eigenvalue weighted by molar-refractivity contribution is -0.134. The summed E-state index contributed by atoms with van der Waals surface area (Å²) in [5.74, 6) is 0.716. The predicted molar refractivity (Wildman–Crippen MR) is 113 cm³/mol. The first-order chi connectivity index (χ1) is 14.2. The molecular formula is C24H29N3O2. The predicted octanol–water partition coefficient (Wildman–Crippen LogP) is 2.54. The Kier molecular flexibility index (Phi) is 6.25. The highest BCUT2D eigenvalue weighted by Crippen LogP contribution is 2.28. The van der Waals surface area contributed by atoms with Crippen molar-refractivity contribution < 1.29 is 9.59 Å². The summed E-state index contributed by atoms with van der Waals surface area (Å²) in [6.07, 6.45) is 2.62. The molecule has 5 heteroatoms. The SMILES string of the molecule is O=C(C[C@H]1C(=O)NCCN1CC(c1ccccc1)c1ccccc1)NCC1CC1. The summed E-state index contributed by atoms with van der Waals surface area (Å²) in [5.41, 5.74) is 2.45. The smallest absolute Gasteiger partial charge is 0.237 e. The van der Waals surface area contributed by atoms with Crippen molar-refractivity contribution in [1.29, 1.82) is 0 Å². The number of benzene rings is 2. The Hall–Kier alpha value is -2.66. The van der Waals surface area contributed by atoms with E-state index in [-0.39, 0.29) is 24.2 Å². The van der Waals surface area contributed by atoms with Crippen molar-refractivity contribution in [3.05, 3.63) is 71.8 Å². The highest BCUT2D eigenvalue weighted by molar-refractivity contribution is 5.88. The van der Waals surface area contributed by atoms with Crippen LogP contribution in [0, 0.1) is 5.92 Å². The van der Waals surface area contributed by atoms with Gasteiger partial charge in [0, 0.05) is 32.1 Å². The lowest BCUT2D eigenvalue weighted by Gasteiger charge is -2.37. The van der Waals surface area contributed by atoms with Gasteiger partial charge >= 0.3 is 0 Å². The van der Waals surface area contributed by atoms with Crippen LogP contribution in [-0.4, -0.2) is 48.9 Å². The molecule has 1 saturated heterocycles. The molecule has 29 heavy (non-hydrogen) atoms. The summed E-state index contributed by atoms with van der Waals surface area (Å²) in [6, 6.07) is 20.4. The van der Waals surface area contributed by atoms with E-state index >= 15 is 0 Å². The zero-order valence-corrected chi connectivity index (χ0v) is 16.7. The lowest BCUT2D eigenvalue weighted by Crippen LogP contribution is -2.57. The van der Waals surface area contributed by atoms with Crippen molar-refractivity contribution in [3.63, 3.8) is 0 Å². The quantitative estimate of drug-likeness (QED) is 0.727. The van der Waals surface area contributed by atoms with Gasteiger partial charge in [-0.15, -0.1) is 0 Å². The minimum absolute atomic E-state index is 0.0278. The number of amides is 2. The van der Waals surface area contributed by atoms with Gasteiger partial charge in [0.25, 0.3) is 0 Å². The van der Waals surface area contributed by atoms with Crippen molar-refractivity contribution in [2.45, 2.75) is 31.2 Å². The first-order valence-electron chi connectivity index (χ1n) is 10.6. The molecule has 0 radical (unpaired) electrons. The van der Waals surface area contributed by atoms with E-state index in [2.05, 4.69) is 64.1 Å². The van der Waals surface area contributed by atoms with Crippen LogP contribution in [0.5, 0.6) is 0 Å². The van der Waals surface area contributed by atoms with Gasteiger partial charge in [0.15, 0.2) is 0 Å². The number of nitrogens with zero attached hydrogens (tertiary/aromatic N) is 1. The molecule has 1 heterocycles. The number of carbonyl (C=O) groups is 2. The Labute approximate surface area is 172 Å². The third-order valence-corrected chi connectivity index (χ3v) is 5.93. The standard InChI is InChI=1S/C24H29N3O2/c28-23(26-16-18-11-12-18)15-22-24(29)25-13-14-27(22)17-21(19-7-3-1-4-8-19)20-9-5-2-6-10-20/h1-10,18,21-22H,11-17H2,(H,25,29)(H,26,28)/t22-/m0/s1. The first-order valence-corrected chi connectivity index (χ1v) is 10.6. The minimum Gasteiger partial charge on any atom is -0.356 e. The Morgan fingerprint density at radius 1 is 1.03 bits per heavy atom. The fraction of sp³-hybridized carbons (Fsp3) is 0.417. The summed E-state index contributed by atoms with van der Waals surface area (Å²) in [6.45, 7) is 2.82. The maximum atomic E-state index is 12.6. The zero-order valence-electron chi connectivity index (χ0n) is 16.7. The third kappa shape index (κ3) is 5.24. The molecule has 0 unspecified atom stereocenters. The molecule has 152 valence electrons. The average molecular weight is 392 g/mol. The third-order valence-electron chi connectivity index (χ3n) is 5.93. The summed E-state index contributed by atoms with van der Waals surface area (Å²) in [7, 11) is 0. The molecule has 1 atom stereocenters. The zero-order chi connectivity index (χ0) is 20.1. The molecule has 4 rings (SSSR count). The maximum absolute atomic E-state index is 12.6. The van der Waals surface area contributed by atoms with Crippen LogP contribution in [0.15, 0.2) is 60.7 Å². The van der Waals surface area contributed by atoms with E-state index in [0.717, 1.165) is 13.1 Å². The molecule has 2 aromatic rings. The summed E-state index contributed by atoms with van der Waals surface area (Å²) in [5, 5.41) is 5.94. The van der Waals surface area contributed by atoms with Gasteiger partial charge in [0.2, 0.25) is 11.8 Å². The molecule has 1 saturated carbocycles. The summed E-state index contributed by atoms with van der Waals surface area (Å²) in [4.78, 5) is 27.2. The highest BCUT2D eigenvalue weighted by Gasteiger charge is 2.34. The first kappa shape index (κ1) is 19.6. The van der Waals surface area contributed by atoms with Gasteiger partial charge in [-0.2, -0.15) is 0 Å². The number of hydrogen-bond donors (Lipinski definition) is 2. The van der Waals surface area contributed by atoms with Crippen LogP contribution in [0.25, 0.3) is 0 Å². The minimum atomic E-state index is -0.419. The van der Waals surface area contributed by atoms with Crippen molar-refractivity contribution in [1.82, 2.24) is 15.5 Å². The number of carbonyl (C=O) groups excluding carboxylic acids is 2. The van der Waals surface area contributed by atoms with Crippen LogP contribution in [0.2, 0.25) is 0 Å². The summed E-state index contributed by atoms with van der Waals surface area (Å²) >= 11 is 0. The molecule has 1 aliphatic heterocycles. The van der Waals surface area contributed by atoms with Crippen molar-refractivity contribution >= 4 is 11.8 Å². The molecule has 0 bridgehead atoms. The van der Waals surface area contributed by atoms with Crippen molar-refractivity contribution in [3.8, 4) is 0 Å². The van der Waals surface area contributed by atoms with E-state index in [0.29, 0.717) is 19.0 Å². The molecule has 1 aliphatic carbocycles. The van der Waals surface area contributed by atoms with E-state index in [1.165, 1.54) is 24.0 Å². The Balaban J connectivity index is 1.50. The topological polar surface area (TPSA) is 61.4 Å². The van der Waals surface area contributed by atoms with Gasteiger partial charge in [-0.1, -0.05) is 60.7 Å². The van der Waals surface area contributed by atoms with E-state index in [1.54, 1.807) is 0 Å². The monoisotopic (exact) mass is 391 g/mol. The second-order valence-corrected chi connectivity index (χ2v) is 8.13. The van der Waals surface area contributed by atoms with Crippen LogP contribution in [0.3, 0.4) is 0 Å². The fourth-order valence-corrected chi connectivity index (χ4v) is 4.04. The number of hydrogen-bond acceptors (Lipinski definition) is 3. The van der Waals surface area contributed by atoms with Gasteiger partial charge in [-0.25, -0.2) is 0 Å². The van der Waals surface area contributed by atoms with E-state index in [4.69, 9.17) is 0 Å². The van der Waals surface area contributed by atoms with Crippen LogP contribution < -0.4 is 10.6 Å². The second kappa shape index (κ2) is 9.23. The molecular weight excluding hydrogens is 362 g/mol. The van der Waals surface area contributed by atoms with E-state index in [1.807, 2.05) is 12.1 Å². The Morgan fingerprint density at radius 3 is 2.24 bits per heavy atom. The molecule has 2 amide bonds. The van der Waals surface area contributed by atoms with E-state index in [9.17, 15) is 9.59 Å². The van der Waals surface area contributed by atoms with Gasteiger partial charge in [-0.05, 0) is 29.9 Å². The normalized spacial score (nSPS) is 19.8. The lowest BCUT2D eigenvalue weighted by atomic mass is 9.90. The Bertz CT molecular complexity index is 781. The van der Waals surface area contributed by atoms with Crippen molar-refractivity contribution in [2.75, 3.05) is 26.2 Å². The van der Waals surface area contributed by atoms with E-state index < -0.39 is 6.04 Å². The second-order valence-electron chi connectivity index (χ2n) is 8.13. The largest absolute Gasteiger partial charge is 0.356 e. The number of nitrogens with one attached hydrogen (secondary N) is 2. The molecule has 5 nitrogen and oxygen atoms in total. The van der Waals surface area contributed by atoms with Gasteiger partial charge < -0.3 is 10.6 Å². The van der Waals surface area contributed by atoms with Crippen LogP contribution in [-0.2, 0) is 9.59 Å². The molecule has 0 aromatic heterocycles. The van der Waals surface area contributed by atoms with Crippen LogP contribution in [0.1, 0.15) is 36.3 Å². The highest BCUT2D eigenvalue weighted by atomic mass is 16.2. The number of piperazine rings is 1. The van der Waals surface area contributed by atoms with Gasteiger partial charge in [-0.3, -0.25) is 14.5 Å². The maximum Gasteiger partial charge on any atom is 0.237 e. The Morgan fingerprint density at radius 2 is 1.66 bits per heavy atom. The molecule has 2 aromatic carbocycles. The molecule has 0 spiro atoms. The molecule has 2 N–H and O–H groups in total. The van der Waals surface area contributed by atoms with Crippen LogP contribution in [0.4, 0.5) is 0 Å². The fourth-order valence-electron chi connectivity index (χ4n) is 4.04. The van der Waals surface area contributed by atoms with Crippen molar-refractivity contribution in [2.24, 2.45) is 5.92 Å². The van der Waals surface area contributed by atoms with Crippen LogP contribution >= 0.6 is 0 Å². The number of rotatable bonds is 8.